The van der Waals surface area contributed by atoms with E-state index < -0.39 is 0 Å². The quantitative estimate of drug-likeness (QED) is 0.610. The Morgan fingerprint density at radius 2 is 1.89 bits per heavy atom. The Bertz CT molecular complexity index is 829. The molecule has 1 N–H and O–H groups in total. The molecule has 0 fully saturated rings. The summed E-state index contributed by atoms with van der Waals surface area (Å²) in [6.45, 7) is 7.43. The number of rotatable bonds is 9. The topological polar surface area (TPSA) is 47.7 Å². The maximum absolute atomic E-state index is 4.54. The molecule has 0 aliphatic rings. The third kappa shape index (κ3) is 4.86. The molecule has 0 aliphatic carbocycles. The van der Waals surface area contributed by atoms with E-state index >= 15 is 0 Å². The summed E-state index contributed by atoms with van der Waals surface area (Å²) in [6.07, 6.45) is 11.5. The van der Waals surface area contributed by atoms with Crippen molar-refractivity contribution in [1.29, 1.82) is 0 Å². The Kier molecular flexibility index (Phi) is 6.45. The van der Waals surface area contributed by atoms with Crippen LogP contribution in [0.5, 0.6) is 0 Å². The summed E-state index contributed by atoms with van der Waals surface area (Å²) in [6, 6.07) is 8.94. The number of unbranched alkanes of at least 4 members (excludes halogenated alkanes) is 1. The van der Waals surface area contributed by atoms with Gasteiger partial charge in [-0.1, -0.05) is 39.3 Å². The van der Waals surface area contributed by atoms with Crippen molar-refractivity contribution in [3.05, 3.63) is 66.0 Å². The van der Waals surface area contributed by atoms with Gasteiger partial charge in [0.15, 0.2) is 0 Å². The maximum atomic E-state index is 4.54. The van der Waals surface area contributed by atoms with Crippen LogP contribution in [0.25, 0.3) is 5.69 Å². The van der Waals surface area contributed by atoms with Crippen molar-refractivity contribution in [2.24, 2.45) is 13.0 Å². The highest BCUT2D eigenvalue weighted by Gasteiger charge is 2.19. The van der Waals surface area contributed by atoms with Crippen molar-refractivity contribution in [2.45, 2.75) is 52.6 Å². The Hall–Kier alpha value is -2.40. The lowest BCUT2D eigenvalue weighted by Crippen LogP contribution is -2.27. The number of nitrogens with zero attached hydrogens (tertiary/aromatic N) is 4. The fraction of sp³-hybridized carbons (Fsp3) is 0.455. The second-order valence-corrected chi connectivity index (χ2v) is 7.56. The molecule has 144 valence electrons. The summed E-state index contributed by atoms with van der Waals surface area (Å²) >= 11 is 0. The number of imidazole rings is 1. The molecule has 3 aromatic rings. The molecule has 0 bridgehead atoms. The van der Waals surface area contributed by atoms with Crippen molar-refractivity contribution in [3.8, 4) is 5.69 Å². The van der Waals surface area contributed by atoms with E-state index in [-0.39, 0.29) is 6.04 Å². The molecular formula is C22H31N5. The summed E-state index contributed by atoms with van der Waals surface area (Å²) in [5.74, 6) is 1.52. The van der Waals surface area contributed by atoms with Crippen LogP contribution in [0.3, 0.4) is 0 Å². The molecule has 0 unspecified atom stereocenters. The minimum absolute atomic E-state index is 0.214. The first-order valence-corrected chi connectivity index (χ1v) is 9.92. The van der Waals surface area contributed by atoms with Gasteiger partial charge in [-0.15, -0.1) is 0 Å². The molecular weight excluding hydrogens is 334 g/mol. The number of hydrogen-bond donors (Lipinski definition) is 1. The summed E-state index contributed by atoms with van der Waals surface area (Å²) in [5, 5.41) is 8.18. The van der Waals surface area contributed by atoms with Gasteiger partial charge in [0.1, 0.15) is 5.82 Å². The number of aromatic nitrogens is 4. The highest BCUT2D eigenvalue weighted by Crippen LogP contribution is 2.20. The molecule has 0 saturated carbocycles. The van der Waals surface area contributed by atoms with E-state index in [9.17, 15) is 0 Å². The molecule has 2 heterocycles. The van der Waals surface area contributed by atoms with Crippen molar-refractivity contribution in [2.75, 3.05) is 0 Å². The average molecular weight is 366 g/mol. The van der Waals surface area contributed by atoms with Crippen LogP contribution in [-0.4, -0.2) is 19.3 Å². The van der Waals surface area contributed by atoms with E-state index in [0.29, 0.717) is 5.92 Å². The van der Waals surface area contributed by atoms with Crippen LogP contribution in [0.15, 0.2) is 49.1 Å². The number of nitrogens with one attached hydrogen (secondary N) is 1. The lowest BCUT2D eigenvalue weighted by atomic mass is 10.0. The molecule has 0 spiro atoms. The monoisotopic (exact) mass is 365 g/mol. The number of hydrogen-bond acceptors (Lipinski definition) is 3. The Labute approximate surface area is 162 Å². The van der Waals surface area contributed by atoms with Gasteiger partial charge in [-0.2, -0.15) is 5.10 Å². The molecule has 2 aromatic heterocycles. The number of aryl methyl sites for hydroxylation is 2. The largest absolute Gasteiger partial charge is 0.337 e. The molecule has 3 rings (SSSR count). The van der Waals surface area contributed by atoms with Gasteiger partial charge in [0, 0.05) is 37.7 Å². The SMILES string of the molecule is CCCCc1ccc(-n2cc(CN[C@@H](c3nccn3C)C(C)C)cn2)cc1. The summed E-state index contributed by atoms with van der Waals surface area (Å²) in [7, 11) is 2.04. The Balaban J connectivity index is 1.64. The molecule has 1 aromatic carbocycles. The molecule has 0 radical (unpaired) electrons. The zero-order valence-corrected chi connectivity index (χ0v) is 16.9. The van der Waals surface area contributed by atoms with Crippen LogP contribution in [0.2, 0.25) is 0 Å². The fourth-order valence-electron chi connectivity index (χ4n) is 3.32. The van der Waals surface area contributed by atoms with E-state index in [1.165, 1.54) is 24.0 Å². The third-order valence-corrected chi connectivity index (χ3v) is 4.99. The van der Waals surface area contributed by atoms with Crippen LogP contribution in [0.4, 0.5) is 0 Å². The normalized spacial score (nSPS) is 12.6. The van der Waals surface area contributed by atoms with E-state index in [0.717, 1.165) is 24.5 Å². The van der Waals surface area contributed by atoms with Gasteiger partial charge in [0.05, 0.1) is 17.9 Å². The third-order valence-electron chi connectivity index (χ3n) is 4.99. The molecule has 0 aliphatic heterocycles. The van der Waals surface area contributed by atoms with Crippen LogP contribution in [0.1, 0.15) is 56.6 Å². The van der Waals surface area contributed by atoms with Gasteiger partial charge in [0.2, 0.25) is 0 Å². The Morgan fingerprint density at radius 3 is 2.52 bits per heavy atom. The summed E-state index contributed by atoms with van der Waals surface area (Å²) in [4.78, 5) is 4.51. The molecule has 0 amide bonds. The maximum Gasteiger partial charge on any atom is 0.125 e. The van der Waals surface area contributed by atoms with Crippen LogP contribution < -0.4 is 5.32 Å². The first kappa shape index (κ1) is 19.4. The Morgan fingerprint density at radius 1 is 1.11 bits per heavy atom. The predicted molar refractivity (Wildman–Crippen MR) is 110 cm³/mol. The minimum atomic E-state index is 0.214. The standard InChI is InChI=1S/C22H31N5/c1-5-6-7-18-8-10-20(11-9-18)27-16-19(15-25-27)14-24-21(17(2)3)22-23-12-13-26(22)4/h8-13,15-17,21,24H,5-7,14H2,1-4H3/t21-/m1/s1. The van der Waals surface area contributed by atoms with Crippen molar-refractivity contribution < 1.29 is 0 Å². The van der Waals surface area contributed by atoms with Gasteiger partial charge < -0.3 is 9.88 Å². The molecule has 5 heteroatoms. The zero-order valence-electron chi connectivity index (χ0n) is 16.9. The lowest BCUT2D eigenvalue weighted by Gasteiger charge is -2.21. The fourth-order valence-corrected chi connectivity index (χ4v) is 3.32. The average Bonchev–Trinajstić information content (AvgIpc) is 3.30. The van der Waals surface area contributed by atoms with Crippen molar-refractivity contribution in [1.82, 2.24) is 24.6 Å². The minimum Gasteiger partial charge on any atom is -0.337 e. The van der Waals surface area contributed by atoms with Crippen molar-refractivity contribution >= 4 is 0 Å². The smallest absolute Gasteiger partial charge is 0.125 e. The van der Waals surface area contributed by atoms with E-state index in [1.54, 1.807) is 0 Å². The zero-order chi connectivity index (χ0) is 19.2. The molecule has 5 nitrogen and oxygen atoms in total. The second-order valence-electron chi connectivity index (χ2n) is 7.56. The van der Waals surface area contributed by atoms with Crippen molar-refractivity contribution in [3.63, 3.8) is 0 Å². The van der Waals surface area contributed by atoms with Crippen LogP contribution >= 0.6 is 0 Å². The van der Waals surface area contributed by atoms with Crippen LogP contribution in [0, 0.1) is 5.92 Å². The second kappa shape index (κ2) is 9.00. The molecule has 27 heavy (non-hydrogen) atoms. The van der Waals surface area contributed by atoms with Gasteiger partial charge in [-0.3, -0.25) is 0 Å². The predicted octanol–water partition coefficient (Wildman–Crippen LogP) is 4.44. The summed E-state index contributed by atoms with van der Waals surface area (Å²) < 4.78 is 4.03. The molecule has 0 saturated heterocycles. The van der Waals surface area contributed by atoms with E-state index in [1.807, 2.05) is 30.3 Å². The first-order chi connectivity index (χ1) is 13.1. The first-order valence-electron chi connectivity index (χ1n) is 9.92. The van der Waals surface area contributed by atoms with Gasteiger partial charge in [-0.05, 0) is 36.5 Å². The summed E-state index contributed by atoms with van der Waals surface area (Å²) in [5.41, 5.74) is 3.67. The number of benzene rings is 1. The van der Waals surface area contributed by atoms with E-state index in [2.05, 4.69) is 71.2 Å². The highest BCUT2D eigenvalue weighted by atomic mass is 15.3. The van der Waals surface area contributed by atoms with Gasteiger partial charge >= 0.3 is 0 Å². The van der Waals surface area contributed by atoms with Gasteiger partial charge in [-0.25, -0.2) is 9.67 Å². The molecule has 1 atom stereocenters. The van der Waals surface area contributed by atoms with E-state index in [4.69, 9.17) is 0 Å². The highest BCUT2D eigenvalue weighted by molar-refractivity contribution is 5.34. The lowest BCUT2D eigenvalue weighted by molar-refractivity contribution is 0.384. The van der Waals surface area contributed by atoms with Gasteiger partial charge in [0.25, 0.3) is 0 Å². The van der Waals surface area contributed by atoms with Crippen LogP contribution in [-0.2, 0) is 20.0 Å².